The Morgan fingerprint density at radius 2 is 1.95 bits per heavy atom. The molecule has 1 aliphatic heterocycles. The minimum absolute atomic E-state index is 0.291. The lowest BCUT2D eigenvalue weighted by Gasteiger charge is -2.38. The topological polar surface area (TPSA) is 49.8 Å². The number of hydrogen-bond donors (Lipinski definition) is 1. The third kappa shape index (κ3) is 3.28. The van der Waals surface area contributed by atoms with Crippen molar-refractivity contribution in [1.29, 1.82) is 0 Å². The Labute approximate surface area is 121 Å². The van der Waals surface area contributed by atoms with Gasteiger partial charge in [-0.1, -0.05) is 28.1 Å². The Kier molecular flexibility index (Phi) is 4.47. The normalized spacial score (nSPS) is 18.2. The molecule has 0 atom stereocenters. The standard InChI is InChI=1S/C14H18BrNO3/c1-2-19-13(17)16-9-7-14(18,8-10-16)11-3-5-12(15)6-4-11/h3-6,18H,2,7-10H2,1H3. The zero-order valence-electron chi connectivity index (χ0n) is 10.9. The summed E-state index contributed by atoms with van der Waals surface area (Å²) >= 11 is 3.38. The molecule has 4 nitrogen and oxygen atoms in total. The second-order valence-corrected chi connectivity index (χ2v) is 5.64. The van der Waals surface area contributed by atoms with Crippen LogP contribution in [0.3, 0.4) is 0 Å². The summed E-state index contributed by atoms with van der Waals surface area (Å²) in [7, 11) is 0. The summed E-state index contributed by atoms with van der Waals surface area (Å²) in [5.41, 5.74) is 0.0585. The quantitative estimate of drug-likeness (QED) is 0.908. The van der Waals surface area contributed by atoms with E-state index in [1.165, 1.54) is 0 Å². The number of nitrogens with zero attached hydrogens (tertiary/aromatic N) is 1. The van der Waals surface area contributed by atoms with Gasteiger partial charge in [-0.2, -0.15) is 0 Å². The fourth-order valence-corrected chi connectivity index (χ4v) is 2.59. The van der Waals surface area contributed by atoms with Gasteiger partial charge in [-0.05, 0) is 37.5 Å². The van der Waals surface area contributed by atoms with Gasteiger partial charge in [0.2, 0.25) is 0 Å². The highest BCUT2D eigenvalue weighted by atomic mass is 79.9. The number of halogens is 1. The SMILES string of the molecule is CCOC(=O)N1CCC(O)(c2ccc(Br)cc2)CC1. The molecule has 1 aliphatic rings. The minimum Gasteiger partial charge on any atom is -0.450 e. The molecule has 0 aromatic heterocycles. The van der Waals surface area contributed by atoms with E-state index in [2.05, 4.69) is 15.9 Å². The number of carbonyl (C=O) groups excluding carboxylic acids is 1. The molecule has 0 aliphatic carbocycles. The smallest absolute Gasteiger partial charge is 0.409 e. The van der Waals surface area contributed by atoms with Crippen molar-refractivity contribution in [3.8, 4) is 0 Å². The molecule has 0 bridgehead atoms. The lowest BCUT2D eigenvalue weighted by Crippen LogP contribution is -2.45. The molecule has 104 valence electrons. The van der Waals surface area contributed by atoms with Crippen molar-refractivity contribution < 1.29 is 14.6 Å². The van der Waals surface area contributed by atoms with Crippen LogP contribution in [0, 0.1) is 0 Å². The highest BCUT2D eigenvalue weighted by Crippen LogP contribution is 2.33. The molecular formula is C14H18BrNO3. The molecule has 5 heteroatoms. The summed E-state index contributed by atoms with van der Waals surface area (Å²) < 4.78 is 5.96. The van der Waals surface area contributed by atoms with Crippen molar-refractivity contribution in [3.05, 3.63) is 34.3 Å². The van der Waals surface area contributed by atoms with Gasteiger partial charge in [0.05, 0.1) is 12.2 Å². The van der Waals surface area contributed by atoms with E-state index in [0.29, 0.717) is 32.5 Å². The fourth-order valence-electron chi connectivity index (χ4n) is 2.32. The summed E-state index contributed by atoms with van der Waals surface area (Å²) in [6, 6.07) is 7.68. The predicted molar refractivity (Wildman–Crippen MR) is 75.9 cm³/mol. The zero-order valence-corrected chi connectivity index (χ0v) is 12.5. The van der Waals surface area contributed by atoms with E-state index in [9.17, 15) is 9.90 Å². The van der Waals surface area contributed by atoms with Crippen LogP contribution in [0.15, 0.2) is 28.7 Å². The molecular weight excluding hydrogens is 310 g/mol. The molecule has 0 spiro atoms. The maximum atomic E-state index is 11.6. The van der Waals surface area contributed by atoms with E-state index < -0.39 is 5.60 Å². The lowest BCUT2D eigenvalue weighted by atomic mass is 9.84. The molecule has 0 radical (unpaired) electrons. The van der Waals surface area contributed by atoms with Crippen LogP contribution in [-0.4, -0.2) is 35.8 Å². The molecule has 0 saturated carbocycles. The largest absolute Gasteiger partial charge is 0.450 e. The van der Waals surface area contributed by atoms with E-state index in [0.717, 1.165) is 10.0 Å². The van der Waals surface area contributed by atoms with Crippen molar-refractivity contribution in [2.45, 2.75) is 25.4 Å². The zero-order chi connectivity index (χ0) is 13.9. The van der Waals surface area contributed by atoms with Crippen LogP contribution in [0.4, 0.5) is 4.79 Å². The first-order valence-corrected chi connectivity index (χ1v) is 7.24. The van der Waals surface area contributed by atoms with Crippen LogP contribution < -0.4 is 0 Å². The number of amides is 1. The molecule has 1 saturated heterocycles. The monoisotopic (exact) mass is 327 g/mol. The van der Waals surface area contributed by atoms with Crippen LogP contribution in [0.2, 0.25) is 0 Å². The van der Waals surface area contributed by atoms with Gasteiger partial charge in [-0.15, -0.1) is 0 Å². The van der Waals surface area contributed by atoms with E-state index in [1.807, 2.05) is 24.3 Å². The Morgan fingerprint density at radius 3 is 2.47 bits per heavy atom. The Hall–Kier alpha value is -1.07. The summed E-state index contributed by atoms with van der Waals surface area (Å²) in [4.78, 5) is 13.3. The van der Waals surface area contributed by atoms with Crippen LogP contribution >= 0.6 is 15.9 Å². The average molecular weight is 328 g/mol. The number of benzene rings is 1. The Balaban J connectivity index is 2.01. The van der Waals surface area contributed by atoms with Crippen LogP contribution in [-0.2, 0) is 10.3 Å². The Bertz CT molecular complexity index is 439. The number of likely N-dealkylation sites (tertiary alicyclic amines) is 1. The number of aliphatic hydroxyl groups is 1. The van der Waals surface area contributed by atoms with E-state index in [1.54, 1.807) is 11.8 Å². The van der Waals surface area contributed by atoms with E-state index in [-0.39, 0.29) is 6.09 Å². The maximum absolute atomic E-state index is 11.6. The van der Waals surface area contributed by atoms with Gasteiger partial charge in [-0.25, -0.2) is 4.79 Å². The number of piperidine rings is 1. The number of rotatable bonds is 2. The van der Waals surface area contributed by atoms with Crippen molar-refractivity contribution in [2.75, 3.05) is 19.7 Å². The number of ether oxygens (including phenoxy) is 1. The van der Waals surface area contributed by atoms with Crippen molar-refractivity contribution in [1.82, 2.24) is 4.90 Å². The van der Waals surface area contributed by atoms with Gasteiger partial charge in [0.1, 0.15) is 0 Å². The van der Waals surface area contributed by atoms with E-state index in [4.69, 9.17) is 4.74 Å². The van der Waals surface area contributed by atoms with Crippen molar-refractivity contribution in [3.63, 3.8) is 0 Å². The van der Waals surface area contributed by atoms with E-state index >= 15 is 0 Å². The summed E-state index contributed by atoms with van der Waals surface area (Å²) in [6.45, 7) is 3.21. The van der Waals surface area contributed by atoms with Gasteiger partial charge in [0.25, 0.3) is 0 Å². The number of hydrogen-bond acceptors (Lipinski definition) is 3. The average Bonchev–Trinajstić information content (AvgIpc) is 2.40. The fraction of sp³-hybridized carbons (Fsp3) is 0.500. The summed E-state index contributed by atoms with van der Waals surface area (Å²) in [5.74, 6) is 0. The second-order valence-electron chi connectivity index (χ2n) is 4.72. The molecule has 19 heavy (non-hydrogen) atoms. The highest BCUT2D eigenvalue weighted by molar-refractivity contribution is 9.10. The first-order chi connectivity index (χ1) is 9.05. The van der Waals surface area contributed by atoms with Crippen LogP contribution in [0.1, 0.15) is 25.3 Å². The molecule has 1 heterocycles. The maximum Gasteiger partial charge on any atom is 0.409 e. The van der Waals surface area contributed by atoms with Gasteiger partial charge < -0.3 is 14.7 Å². The molecule has 1 N–H and O–H groups in total. The van der Waals surface area contributed by atoms with Gasteiger partial charge in [-0.3, -0.25) is 0 Å². The Morgan fingerprint density at radius 1 is 1.37 bits per heavy atom. The van der Waals surface area contributed by atoms with Gasteiger partial charge in [0, 0.05) is 17.6 Å². The lowest BCUT2D eigenvalue weighted by molar-refractivity contribution is -0.0244. The minimum atomic E-state index is -0.844. The third-order valence-electron chi connectivity index (χ3n) is 3.50. The first kappa shape index (κ1) is 14.3. The summed E-state index contributed by atoms with van der Waals surface area (Å²) in [5, 5.41) is 10.7. The molecule has 2 rings (SSSR count). The molecule has 1 fully saturated rings. The number of carbonyl (C=O) groups is 1. The first-order valence-electron chi connectivity index (χ1n) is 6.45. The van der Waals surface area contributed by atoms with Crippen LogP contribution in [0.5, 0.6) is 0 Å². The van der Waals surface area contributed by atoms with Crippen molar-refractivity contribution >= 4 is 22.0 Å². The highest BCUT2D eigenvalue weighted by Gasteiger charge is 2.35. The van der Waals surface area contributed by atoms with Gasteiger partial charge in [0.15, 0.2) is 0 Å². The molecule has 1 amide bonds. The van der Waals surface area contributed by atoms with Crippen LogP contribution in [0.25, 0.3) is 0 Å². The third-order valence-corrected chi connectivity index (χ3v) is 4.03. The predicted octanol–water partition coefficient (Wildman–Crippen LogP) is 2.89. The van der Waals surface area contributed by atoms with Gasteiger partial charge >= 0.3 is 6.09 Å². The molecule has 1 aromatic carbocycles. The second kappa shape index (κ2) is 5.92. The van der Waals surface area contributed by atoms with Crippen molar-refractivity contribution in [2.24, 2.45) is 0 Å². The molecule has 0 unspecified atom stereocenters. The molecule has 1 aromatic rings. The summed E-state index contributed by atoms with van der Waals surface area (Å²) in [6.07, 6.45) is 0.779.